The molecule has 4 nitrogen and oxygen atoms in total. The van der Waals surface area contributed by atoms with Crippen molar-refractivity contribution in [1.82, 2.24) is 10.6 Å². The Morgan fingerprint density at radius 1 is 1.40 bits per heavy atom. The van der Waals surface area contributed by atoms with E-state index in [0.717, 1.165) is 24.5 Å². The molecule has 0 aliphatic carbocycles. The van der Waals surface area contributed by atoms with Crippen LogP contribution in [0.4, 0.5) is 4.39 Å². The standard InChI is InChI=1S/C15H24FN3O/c1-4-11(3)19-15(17-5-2)18-9-12-6-7-14(16)13(8-12)10-20/h6-8,11,20H,4-5,9-10H2,1-3H3,(H2,17,18,19). The molecule has 1 atom stereocenters. The summed E-state index contributed by atoms with van der Waals surface area (Å²) in [5.74, 6) is 0.363. The van der Waals surface area contributed by atoms with E-state index in [2.05, 4.69) is 29.5 Å². The van der Waals surface area contributed by atoms with Crippen LogP contribution in [0.2, 0.25) is 0 Å². The van der Waals surface area contributed by atoms with E-state index in [-0.39, 0.29) is 12.4 Å². The lowest BCUT2D eigenvalue weighted by Gasteiger charge is -2.16. The molecule has 0 aliphatic heterocycles. The van der Waals surface area contributed by atoms with Crippen LogP contribution in [0, 0.1) is 5.82 Å². The number of hydrogen-bond acceptors (Lipinski definition) is 2. The molecule has 1 aromatic rings. The first-order valence-electron chi connectivity index (χ1n) is 7.03. The molecule has 112 valence electrons. The first-order chi connectivity index (χ1) is 9.60. The Morgan fingerprint density at radius 2 is 2.15 bits per heavy atom. The van der Waals surface area contributed by atoms with Gasteiger partial charge >= 0.3 is 0 Å². The Balaban J connectivity index is 2.75. The maximum absolute atomic E-state index is 13.3. The molecule has 20 heavy (non-hydrogen) atoms. The monoisotopic (exact) mass is 281 g/mol. The zero-order valence-corrected chi connectivity index (χ0v) is 12.4. The minimum absolute atomic E-state index is 0.297. The van der Waals surface area contributed by atoms with Crippen LogP contribution in [0.1, 0.15) is 38.3 Å². The molecular weight excluding hydrogens is 257 g/mol. The number of nitrogens with zero attached hydrogens (tertiary/aromatic N) is 1. The zero-order chi connectivity index (χ0) is 15.0. The Morgan fingerprint density at radius 3 is 2.75 bits per heavy atom. The summed E-state index contributed by atoms with van der Waals surface area (Å²) in [4.78, 5) is 4.47. The summed E-state index contributed by atoms with van der Waals surface area (Å²) < 4.78 is 13.3. The molecule has 0 radical (unpaired) electrons. The molecule has 5 heteroatoms. The number of rotatable bonds is 6. The molecule has 0 bridgehead atoms. The maximum atomic E-state index is 13.3. The van der Waals surface area contributed by atoms with Gasteiger partial charge in [0.25, 0.3) is 0 Å². The Labute approximate surface area is 120 Å². The molecule has 1 rings (SSSR count). The van der Waals surface area contributed by atoms with Crippen molar-refractivity contribution in [3.05, 3.63) is 35.1 Å². The number of aliphatic imine (C=N–C) groups is 1. The Hall–Kier alpha value is -1.62. The van der Waals surface area contributed by atoms with Crippen LogP contribution in [-0.4, -0.2) is 23.7 Å². The van der Waals surface area contributed by atoms with E-state index in [1.165, 1.54) is 6.07 Å². The van der Waals surface area contributed by atoms with Crippen molar-refractivity contribution < 1.29 is 9.50 Å². The second-order valence-electron chi connectivity index (χ2n) is 4.73. The first kappa shape index (κ1) is 16.4. The van der Waals surface area contributed by atoms with E-state index in [4.69, 9.17) is 5.11 Å². The summed E-state index contributed by atoms with van der Waals surface area (Å²) >= 11 is 0. The molecule has 0 amide bonds. The Kier molecular flexibility index (Phi) is 7.01. The van der Waals surface area contributed by atoms with Gasteiger partial charge in [0.2, 0.25) is 0 Å². The lowest BCUT2D eigenvalue weighted by atomic mass is 10.1. The number of aliphatic hydroxyl groups excluding tert-OH is 1. The fraction of sp³-hybridized carbons (Fsp3) is 0.533. The van der Waals surface area contributed by atoms with Gasteiger partial charge in [-0.1, -0.05) is 13.0 Å². The summed E-state index contributed by atoms with van der Waals surface area (Å²) in [7, 11) is 0. The fourth-order valence-corrected chi connectivity index (χ4v) is 1.67. The van der Waals surface area contributed by atoms with Crippen molar-refractivity contribution in [2.75, 3.05) is 6.54 Å². The maximum Gasteiger partial charge on any atom is 0.191 e. The van der Waals surface area contributed by atoms with Gasteiger partial charge < -0.3 is 15.7 Å². The number of nitrogens with one attached hydrogen (secondary N) is 2. The molecule has 0 aliphatic rings. The highest BCUT2D eigenvalue weighted by molar-refractivity contribution is 5.80. The highest BCUT2D eigenvalue weighted by Crippen LogP contribution is 2.11. The average molecular weight is 281 g/mol. The summed E-state index contributed by atoms with van der Waals surface area (Å²) in [5.41, 5.74) is 1.18. The molecule has 0 saturated heterocycles. The van der Waals surface area contributed by atoms with Gasteiger partial charge in [0, 0.05) is 18.2 Å². The van der Waals surface area contributed by atoms with Crippen molar-refractivity contribution in [2.45, 2.75) is 46.4 Å². The van der Waals surface area contributed by atoms with Crippen molar-refractivity contribution in [3.63, 3.8) is 0 Å². The number of benzene rings is 1. The number of guanidine groups is 1. The van der Waals surface area contributed by atoms with Gasteiger partial charge in [-0.25, -0.2) is 9.38 Å². The summed E-state index contributed by atoms with van der Waals surface area (Å²) in [6.45, 7) is 7.14. The van der Waals surface area contributed by atoms with Crippen LogP contribution < -0.4 is 10.6 Å². The molecule has 0 fully saturated rings. The molecule has 0 spiro atoms. The predicted molar refractivity (Wildman–Crippen MR) is 80.0 cm³/mol. The third kappa shape index (κ3) is 5.17. The quantitative estimate of drug-likeness (QED) is 0.553. The predicted octanol–water partition coefficient (Wildman–Crippen LogP) is 2.17. The molecular formula is C15H24FN3O. The minimum atomic E-state index is -0.384. The van der Waals surface area contributed by atoms with Crippen molar-refractivity contribution >= 4 is 5.96 Å². The molecule has 0 aromatic heterocycles. The molecule has 3 N–H and O–H groups in total. The van der Waals surface area contributed by atoms with Gasteiger partial charge in [-0.2, -0.15) is 0 Å². The van der Waals surface area contributed by atoms with E-state index in [1.54, 1.807) is 12.1 Å². The molecule has 0 saturated carbocycles. The summed E-state index contributed by atoms with van der Waals surface area (Å²) in [6, 6.07) is 5.04. The van der Waals surface area contributed by atoms with Crippen LogP contribution in [0.15, 0.2) is 23.2 Å². The summed E-state index contributed by atoms with van der Waals surface area (Å²) in [6.07, 6.45) is 1.01. The van der Waals surface area contributed by atoms with E-state index < -0.39 is 0 Å². The van der Waals surface area contributed by atoms with Crippen LogP contribution in [0.25, 0.3) is 0 Å². The van der Waals surface area contributed by atoms with Crippen LogP contribution in [-0.2, 0) is 13.2 Å². The molecule has 1 unspecified atom stereocenters. The second kappa shape index (κ2) is 8.53. The van der Waals surface area contributed by atoms with Gasteiger partial charge in [0.15, 0.2) is 5.96 Å². The SMILES string of the molecule is CCNC(=NCc1ccc(F)c(CO)c1)NC(C)CC. The third-order valence-corrected chi connectivity index (χ3v) is 3.04. The zero-order valence-electron chi connectivity index (χ0n) is 12.4. The van der Waals surface area contributed by atoms with E-state index in [1.807, 2.05) is 6.92 Å². The minimum Gasteiger partial charge on any atom is -0.392 e. The van der Waals surface area contributed by atoms with E-state index >= 15 is 0 Å². The Bertz CT molecular complexity index is 449. The van der Waals surface area contributed by atoms with Crippen molar-refractivity contribution in [3.8, 4) is 0 Å². The highest BCUT2D eigenvalue weighted by Gasteiger charge is 2.04. The highest BCUT2D eigenvalue weighted by atomic mass is 19.1. The average Bonchev–Trinajstić information content (AvgIpc) is 2.46. The van der Waals surface area contributed by atoms with Gasteiger partial charge in [0.05, 0.1) is 13.2 Å². The molecule has 1 aromatic carbocycles. The van der Waals surface area contributed by atoms with Crippen molar-refractivity contribution in [2.24, 2.45) is 4.99 Å². The lowest BCUT2D eigenvalue weighted by molar-refractivity contribution is 0.275. The number of halogens is 1. The largest absolute Gasteiger partial charge is 0.392 e. The number of hydrogen-bond donors (Lipinski definition) is 3. The van der Waals surface area contributed by atoms with Gasteiger partial charge in [0.1, 0.15) is 5.82 Å². The van der Waals surface area contributed by atoms with Gasteiger partial charge in [-0.3, -0.25) is 0 Å². The second-order valence-corrected chi connectivity index (χ2v) is 4.73. The van der Waals surface area contributed by atoms with Crippen LogP contribution in [0.3, 0.4) is 0 Å². The third-order valence-electron chi connectivity index (χ3n) is 3.04. The van der Waals surface area contributed by atoms with Crippen LogP contribution in [0.5, 0.6) is 0 Å². The normalized spacial score (nSPS) is 13.2. The van der Waals surface area contributed by atoms with E-state index in [0.29, 0.717) is 18.2 Å². The van der Waals surface area contributed by atoms with E-state index in [9.17, 15) is 4.39 Å². The van der Waals surface area contributed by atoms with Gasteiger partial charge in [-0.05, 0) is 38.0 Å². The summed E-state index contributed by atoms with van der Waals surface area (Å²) in [5, 5.41) is 15.5. The fourth-order valence-electron chi connectivity index (χ4n) is 1.67. The molecule has 0 heterocycles. The first-order valence-corrected chi connectivity index (χ1v) is 7.03. The smallest absolute Gasteiger partial charge is 0.191 e. The topological polar surface area (TPSA) is 56.7 Å². The van der Waals surface area contributed by atoms with Crippen molar-refractivity contribution in [1.29, 1.82) is 0 Å². The van der Waals surface area contributed by atoms with Crippen LogP contribution >= 0.6 is 0 Å². The van der Waals surface area contributed by atoms with Gasteiger partial charge in [-0.15, -0.1) is 0 Å². The number of aliphatic hydroxyl groups is 1. The lowest BCUT2D eigenvalue weighted by Crippen LogP contribution is -2.41.